The number of nitrogens with two attached hydrogens (primary N) is 1. The summed E-state index contributed by atoms with van der Waals surface area (Å²) in [5.74, 6) is -1.70. The van der Waals surface area contributed by atoms with Crippen LogP contribution < -0.4 is 5.73 Å². The van der Waals surface area contributed by atoms with Gasteiger partial charge in [-0.3, -0.25) is 0 Å². The molecule has 0 rings (SSSR count). The maximum Gasteiger partial charge on any atom is 0.329 e. The monoisotopic (exact) mass is 133 g/mol. The average Bonchev–Trinajstić information content (AvgIpc) is 1.84. The second kappa shape index (κ2) is 3.19. The fourth-order valence-corrected chi connectivity index (χ4v) is 0.255. The highest BCUT2D eigenvalue weighted by Gasteiger charge is 2.16. The highest BCUT2D eigenvalue weighted by molar-refractivity contribution is 5.78. The predicted octanol–water partition coefficient (Wildman–Crippen LogP) is -0.0301. The van der Waals surface area contributed by atoms with Gasteiger partial charge < -0.3 is 10.5 Å². The summed E-state index contributed by atoms with van der Waals surface area (Å²) in [6, 6.07) is -1.34. The molecule has 0 aromatic carbocycles. The summed E-state index contributed by atoms with van der Waals surface area (Å²) in [6.45, 7) is 2.83. The van der Waals surface area contributed by atoms with Crippen molar-refractivity contribution in [2.75, 3.05) is 7.11 Å². The molecule has 9 heavy (non-hydrogen) atoms. The number of hydrogen-bond acceptors (Lipinski definition) is 3. The first kappa shape index (κ1) is 8.10. The topological polar surface area (TPSA) is 52.3 Å². The van der Waals surface area contributed by atoms with Crippen LogP contribution in [0.15, 0.2) is 12.4 Å². The Morgan fingerprint density at radius 1 is 1.89 bits per heavy atom. The van der Waals surface area contributed by atoms with Crippen LogP contribution in [0.5, 0.6) is 0 Å². The van der Waals surface area contributed by atoms with Crippen LogP contribution >= 0.6 is 0 Å². The lowest BCUT2D eigenvalue weighted by atomic mass is 10.3. The van der Waals surface area contributed by atoms with Crippen LogP contribution in [0.1, 0.15) is 0 Å². The van der Waals surface area contributed by atoms with E-state index in [2.05, 4.69) is 11.3 Å². The van der Waals surface area contributed by atoms with Crippen molar-refractivity contribution in [1.82, 2.24) is 0 Å². The minimum atomic E-state index is -1.34. The average molecular weight is 133 g/mol. The first-order valence-electron chi connectivity index (χ1n) is 2.27. The summed E-state index contributed by atoms with van der Waals surface area (Å²) in [5, 5.41) is 0. The van der Waals surface area contributed by atoms with Gasteiger partial charge >= 0.3 is 5.97 Å². The minimum Gasteiger partial charge on any atom is -0.468 e. The van der Waals surface area contributed by atoms with Crippen molar-refractivity contribution in [3.8, 4) is 0 Å². The van der Waals surface area contributed by atoms with Gasteiger partial charge in [0, 0.05) is 0 Å². The third-order valence-corrected chi connectivity index (χ3v) is 0.793. The smallest absolute Gasteiger partial charge is 0.329 e. The molecule has 0 heterocycles. The fourth-order valence-electron chi connectivity index (χ4n) is 0.255. The van der Waals surface area contributed by atoms with Crippen LogP contribution in [-0.4, -0.2) is 19.1 Å². The lowest BCUT2D eigenvalue weighted by molar-refractivity contribution is -0.141. The number of hydrogen-bond donors (Lipinski definition) is 1. The van der Waals surface area contributed by atoms with Gasteiger partial charge in [-0.2, -0.15) is 0 Å². The Bertz CT molecular complexity index is 135. The highest BCUT2D eigenvalue weighted by atomic mass is 19.1. The van der Waals surface area contributed by atoms with Crippen molar-refractivity contribution in [2.24, 2.45) is 5.73 Å². The van der Waals surface area contributed by atoms with Gasteiger partial charge in [0.05, 0.1) is 7.11 Å². The molecule has 0 radical (unpaired) electrons. The van der Waals surface area contributed by atoms with Crippen molar-refractivity contribution in [3.63, 3.8) is 0 Å². The summed E-state index contributed by atoms with van der Waals surface area (Å²) in [5.41, 5.74) is 4.92. The van der Waals surface area contributed by atoms with E-state index in [1.165, 1.54) is 0 Å². The molecule has 0 amide bonds. The van der Waals surface area contributed by atoms with E-state index in [-0.39, 0.29) is 0 Å². The van der Waals surface area contributed by atoms with E-state index >= 15 is 0 Å². The third-order valence-electron chi connectivity index (χ3n) is 0.793. The molecule has 3 nitrogen and oxygen atoms in total. The zero-order chi connectivity index (χ0) is 7.44. The van der Waals surface area contributed by atoms with E-state index in [1.54, 1.807) is 0 Å². The van der Waals surface area contributed by atoms with Crippen molar-refractivity contribution in [3.05, 3.63) is 12.4 Å². The third kappa shape index (κ3) is 2.23. The molecule has 0 aliphatic carbocycles. The molecule has 52 valence electrons. The second-order valence-corrected chi connectivity index (χ2v) is 1.45. The van der Waals surface area contributed by atoms with Gasteiger partial charge in [-0.05, 0) is 0 Å². The van der Waals surface area contributed by atoms with Gasteiger partial charge in [0.2, 0.25) is 0 Å². The molecule has 0 saturated heterocycles. The maximum absolute atomic E-state index is 11.9. The van der Waals surface area contributed by atoms with Crippen LogP contribution in [0.4, 0.5) is 4.39 Å². The Labute approximate surface area is 52.3 Å². The van der Waals surface area contributed by atoms with Gasteiger partial charge in [0.25, 0.3) is 0 Å². The van der Waals surface area contributed by atoms with Crippen molar-refractivity contribution >= 4 is 5.97 Å². The zero-order valence-electron chi connectivity index (χ0n) is 5.06. The maximum atomic E-state index is 11.9. The summed E-state index contributed by atoms with van der Waals surface area (Å²) in [4.78, 5) is 10.3. The normalized spacial score (nSPS) is 12.3. The lowest BCUT2D eigenvalue weighted by Gasteiger charge is -2.03. The van der Waals surface area contributed by atoms with E-state index < -0.39 is 17.8 Å². The zero-order valence-corrected chi connectivity index (χ0v) is 5.06. The highest BCUT2D eigenvalue weighted by Crippen LogP contribution is 1.97. The van der Waals surface area contributed by atoms with Gasteiger partial charge in [-0.15, -0.1) is 0 Å². The quantitative estimate of drug-likeness (QED) is 0.538. The summed E-state index contributed by atoms with van der Waals surface area (Å²) in [7, 11) is 1.13. The van der Waals surface area contributed by atoms with Crippen molar-refractivity contribution < 1.29 is 13.9 Å². The molecule has 0 bridgehead atoms. The first-order valence-corrected chi connectivity index (χ1v) is 2.27. The van der Waals surface area contributed by atoms with Crippen molar-refractivity contribution in [1.29, 1.82) is 0 Å². The lowest BCUT2D eigenvalue weighted by Crippen LogP contribution is -2.31. The van der Waals surface area contributed by atoms with E-state index in [0.717, 1.165) is 7.11 Å². The molecule has 0 fully saturated rings. The Morgan fingerprint density at radius 3 is 2.44 bits per heavy atom. The summed E-state index contributed by atoms with van der Waals surface area (Å²) in [6.07, 6.45) is 0. The van der Waals surface area contributed by atoms with Crippen LogP contribution in [-0.2, 0) is 9.53 Å². The van der Waals surface area contributed by atoms with E-state index in [4.69, 9.17) is 5.73 Å². The number of ether oxygens (including phenoxy) is 1. The van der Waals surface area contributed by atoms with E-state index in [0.29, 0.717) is 0 Å². The van der Waals surface area contributed by atoms with Crippen molar-refractivity contribution in [2.45, 2.75) is 6.04 Å². The Morgan fingerprint density at radius 2 is 2.33 bits per heavy atom. The number of carbonyl (C=O) groups is 1. The predicted molar refractivity (Wildman–Crippen MR) is 30.2 cm³/mol. The van der Waals surface area contributed by atoms with E-state index in [1.807, 2.05) is 0 Å². The van der Waals surface area contributed by atoms with Crippen LogP contribution in [0, 0.1) is 0 Å². The molecule has 1 atom stereocenters. The molecule has 0 aliphatic heterocycles. The van der Waals surface area contributed by atoms with Crippen LogP contribution in [0.25, 0.3) is 0 Å². The molecule has 0 saturated carbocycles. The SMILES string of the molecule is C=C(F)C(N)C(=O)OC. The molecular formula is C5H8FNO2. The van der Waals surface area contributed by atoms with Crippen LogP contribution in [0.3, 0.4) is 0 Å². The summed E-state index contributed by atoms with van der Waals surface area (Å²) >= 11 is 0. The molecule has 0 aromatic heterocycles. The second-order valence-electron chi connectivity index (χ2n) is 1.45. The number of halogens is 1. The van der Waals surface area contributed by atoms with Gasteiger partial charge in [0.1, 0.15) is 5.83 Å². The Hall–Kier alpha value is -0.900. The minimum absolute atomic E-state index is 0.817. The van der Waals surface area contributed by atoms with Crippen LogP contribution in [0.2, 0.25) is 0 Å². The molecule has 2 N–H and O–H groups in total. The van der Waals surface area contributed by atoms with Gasteiger partial charge in [-0.25, -0.2) is 9.18 Å². The first-order chi connectivity index (χ1) is 4.09. The molecular weight excluding hydrogens is 125 g/mol. The van der Waals surface area contributed by atoms with E-state index in [9.17, 15) is 9.18 Å². The molecule has 0 aromatic rings. The molecule has 4 heteroatoms. The molecule has 1 unspecified atom stereocenters. The number of esters is 1. The Balaban J connectivity index is 3.88. The number of methoxy groups -OCH3 is 1. The Kier molecular flexibility index (Phi) is 2.87. The van der Waals surface area contributed by atoms with Gasteiger partial charge in [-0.1, -0.05) is 6.58 Å². The summed E-state index contributed by atoms with van der Waals surface area (Å²) < 4.78 is 16.0. The van der Waals surface area contributed by atoms with Gasteiger partial charge in [0.15, 0.2) is 6.04 Å². The fraction of sp³-hybridized carbons (Fsp3) is 0.400. The number of rotatable bonds is 2. The largest absolute Gasteiger partial charge is 0.468 e. The number of carbonyl (C=O) groups excluding carboxylic acids is 1. The standard InChI is InChI=1S/C5H8FNO2/c1-3(6)4(7)5(8)9-2/h4H,1,7H2,2H3. The molecule has 0 spiro atoms. The molecule has 0 aliphatic rings.